The third-order valence-electron chi connectivity index (χ3n) is 25.8. The Kier molecular flexibility index (Phi) is 17.4. The van der Waals surface area contributed by atoms with Crippen LogP contribution in [0.25, 0.3) is 243 Å². The smallest absolute Gasteiger partial charge is 0.0716 e. The van der Waals surface area contributed by atoms with Crippen LogP contribution in [0.5, 0.6) is 0 Å². The summed E-state index contributed by atoms with van der Waals surface area (Å²) in [6.45, 7) is 0. The van der Waals surface area contributed by atoms with E-state index in [0.29, 0.717) is 0 Å². The fraction of sp³-hybridized carbons (Fsp3) is 0. The van der Waals surface area contributed by atoms with E-state index >= 15 is 0 Å². The summed E-state index contributed by atoms with van der Waals surface area (Å²) >= 11 is 0. The largest absolute Gasteiger partial charge is 0.309 e. The minimum atomic E-state index is 0.907. The number of para-hydroxylation sites is 10. The standard InChI is InChI=1S/C60H38N4.C59H37N5/c1-3-13-44(14-4-1)63-57-21-11-8-18-48(57)52-36-42(28-31-59(52)63)41-27-30-55-51(35-41)50(40-25-23-39(24-26-40)46-33-34-61-54-20-10-7-17-47(46)54)38-56(62-55)43-29-32-60-53(37-43)49-19-9-12-22-58(49)64(60)45-15-5-2-6-16-45;1-3-13-42(14-4-1)63-56-21-11-8-18-46(56)50-34-39(25-29-58(50)63)38-23-28-54-49(33-38)48(41-24-27-53(61-37-41)45-31-32-60-52-20-10-7-17-44(45)52)36-55(62-54)40-26-30-59-51(35-40)47-19-9-12-22-57(47)64(59)43-15-5-2-6-16-43/h1-38H;1-37H. The molecule has 0 N–H and O–H groups in total. The maximum atomic E-state index is 5.43. The number of aromatic nitrogens is 9. The molecule has 9 heterocycles. The second-order valence-corrected chi connectivity index (χ2v) is 33.0. The van der Waals surface area contributed by atoms with Gasteiger partial charge in [0.25, 0.3) is 0 Å². The SMILES string of the molecule is c1ccc(-n2c3ccccc3c3cc(-c4ccc5nc(-c6ccc7c(c6)c6ccccc6n7-c6ccccc6)cc(-c6ccc(-c7ccnc8ccccc78)cc6)c5c4)ccc32)cc1.c1ccc(-n2c3ccccc3c3cc(-c4ccc5nc(-c6ccc7c(c6)c6ccccc6n7-c6ccccc6)cc(-c6ccc(-c7ccnc8ccccc78)nc6)c5c4)ccc32)cc1. The van der Waals surface area contributed by atoms with Crippen molar-refractivity contribution in [2.24, 2.45) is 0 Å². The Balaban J connectivity index is 0.000000139. The average Bonchev–Trinajstić information content (AvgIpc) is 1.53. The van der Waals surface area contributed by atoms with Crippen LogP contribution < -0.4 is 0 Å². The lowest BCUT2D eigenvalue weighted by Crippen LogP contribution is -1.94. The van der Waals surface area contributed by atoms with Gasteiger partial charge in [0, 0.05) is 128 Å². The van der Waals surface area contributed by atoms with Crippen LogP contribution in [-0.4, -0.2) is 43.2 Å². The second kappa shape index (κ2) is 30.4. The van der Waals surface area contributed by atoms with E-state index < -0.39 is 0 Å². The van der Waals surface area contributed by atoms with E-state index in [4.69, 9.17) is 15.0 Å². The monoisotopic (exact) mass is 1630 g/mol. The zero-order valence-electron chi connectivity index (χ0n) is 69.3. The first-order chi connectivity index (χ1) is 63.5. The Hall–Kier alpha value is -17.3. The van der Waals surface area contributed by atoms with Crippen molar-refractivity contribution < 1.29 is 0 Å². The molecule has 9 nitrogen and oxygen atoms in total. The highest BCUT2D eigenvalue weighted by molar-refractivity contribution is 6.16. The fourth-order valence-corrected chi connectivity index (χ4v) is 19.8. The molecule has 596 valence electrons. The van der Waals surface area contributed by atoms with Gasteiger partial charge in [0.05, 0.1) is 83.3 Å². The highest BCUT2D eigenvalue weighted by Crippen LogP contribution is 2.45. The Morgan fingerprint density at radius 1 is 0.148 bits per heavy atom. The van der Waals surface area contributed by atoms with Crippen molar-refractivity contribution in [3.8, 4) is 112 Å². The number of benzene rings is 17. The molecule has 0 fully saturated rings. The summed E-state index contributed by atoms with van der Waals surface area (Å²) in [5.74, 6) is 0. The van der Waals surface area contributed by atoms with Crippen LogP contribution in [0.1, 0.15) is 0 Å². The molecule has 9 aromatic heterocycles. The third kappa shape index (κ3) is 12.4. The van der Waals surface area contributed by atoms with Crippen molar-refractivity contribution >= 4 is 131 Å². The van der Waals surface area contributed by atoms with Gasteiger partial charge in [0.1, 0.15) is 0 Å². The second-order valence-electron chi connectivity index (χ2n) is 33.0. The first-order valence-corrected chi connectivity index (χ1v) is 43.5. The number of fused-ring (bicyclic) bond motifs is 16. The molecule has 0 unspecified atom stereocenters. The lowest BCUT2D eigenvalue weighted by atomic mass is 9.93. The summed E-state index contributed by atoms with van der Waals surface area (Å²) in [5.41, 5.74) is 35.1. The number of nitrogens with zero attached hydrogens (tertiary/aromatic N) is 9. The topological polar surface area (TPSA) is 84.2 Å². The van der Waals surface area contributed by atoms with Gasteiger partial charge in [-0.2, -0.15) is 0 Å². The summed E-state index contributed by atoms with van der Waals surface area (Å²) in [6, 6.07) is 157. The molecule has 0 saturated heterocycles. The van der Waals surface area contributed by atoms with Gasteiger partial charge in [0.2, 0.25) is 0 Å². The lowest BCUT2D eigenvalue weighted by molar-refractivity contribution is 1.18. The summed E-state index contributed by atoms with van der Waals surface area (Å²) in [4.78, 5) is 25.2. The number of pyridine rings is 5. The zero-order chi connectivity index (χ0) is 84.3. The number of hydrogen-bond acceptors (Lipinski definition) is 5. The number of rotatable bonds is 12. The van der Waals surface area contributed by atoms with Crippen LogP contribution in [0.4, 0.5) is 0 Å². The average molecular weight is 1630 g/mol. The van der Waals surface area contributed by atoms with E-state index in [9.17, 15) is 0 Å². The van der Waals surface area contributed by atoms with Crippen molar-refractivity contribution in [2.45, 2.75) is 0 Å². The molecular formula is C119H75N9. The summed E-state index contributed by atoms with van der Waals surface area (Å²) in [5, 5.41) is 14.1. The molecule has 17 aromatic carbocycles. The van der Waals surface area contributed by atoms with Crippen molar-refractivity contribution in [1.82, 2.24) is 43.2 Å². The van der Waals surface area contributed by atoms with Crippen LogP contribution in [0.15, 0.2) is 455 Å². The summed E-state index contributed by atoms with van der Waals surface area (Å²) in [6.07, 6.45) is 5.78. The molecule has 26 aromatic rings. The van der Waals surface area contributed by atoms with Crippen molar-refractivity contribution in [1.29, 1.82) is 0 Å². The Morgan fingerprint density at radius 2 is 0.430 bits per heavy atom. The molecule has 0 spiro atoms. The molecular weight excluding hydrogens is 1560 g/mol. The van der Waals surface area contributed by atoms with Gasteiger partial charge in [0.15, 0.2) is 0 Å². The van der Waals surface area contributed by atoms with Crippen LogP contribution in [0.3, 0.4) is 0 Å². The van der Waals surface area contributed by atoms with E-state index in [-0.39, 0.29) is 0 Å². The Morgan fingerprint density at radius 3 is 0.812 bits per heavy atom. The predicted octanol–water partition coefficient (Wildman–Crippen LogP) is 30.7. The van der Waals surface area contributed by atoms with Crippen molar-refractivity contribution in [2.75, 3.05) is 0 Å². The zero-order valence-corrected chi connectivity index (χ0v) is 69.3. The molecule has 0 aliphatic rings. The molecule has 128 heavy (non-hydrogen) atoms. The highest BCUT2D eigenvalue weighted by atomic mass is 15.0. The Labute approximate surface area is 736 Å². The molecule has 0 atom stereocenters. The summed E-state index contributed by atoms with van der Waals surface area (Å²) < 4.78 is 9.44. The fourth-order valence-electron chi connectivity index (χ4n) is 19.8. The quantitative estimate of drug-likeness (QED) is 0.122. The molecule has 0 bridgehead atoms. The maximum Gasteiger partial charge on any atom is 0.0716 e. The number of hydrogen-bond donors (Lipinski definition) is 0. The lowest BCUT2D eigenvalue weighted by Gasteiger charge is -2.14. The van der Waals surface area contributed by atoms with Crippen LogP contribution >= 0.6 is 0 Å². The summed E-state index contributed by atoms with van der Waals surface area (Å²) in [7, 11) is 0. The molecule has 0 aliphatic carbocycles. The molecule has 0 saturated carbocycles. The first-order valence-electron chi connectivity index (χ1n) is 43.5. The van der Waals surface area contributed by atoms with Gasteiger partial charge in [-0.25, -0.2) is 9.97 Å². The van der Waals surface area contributed by atoms with Crippen LogP contribution in [-0.2, 0) is 0 Å². The van der Waals surface area contributed by atoms with E-state index in [0.717, 1.165) is 150 Å². The Bertz CT molecular complexity index is 8390. The van der Waals surface area contributed by atoms with Gasteiger partial charge in [-0.05, 0) is 238 Å². The molecule has 9 heteroatoms. The van der Waals surface area contributed by atoms with Crippen LogP contribution in [0.2, 0.25) is 0 Å². The third-order valence-corrected chi connectivity index (χ3v) is 25.8. The van der Waals surface area contributed by atoms with E-state index in [1.165, 1.54) is 92.8 Å². The van der Waals surface area contributed by atoms with E-state index in [1.807, 2.05) is 36.8 Å². The predicted molar refractivity (Wildman–Crippen MR) is 533 cm³/mol. The molecule has 0 amide bonds. The van der Waals surface area contributed by atoms with Crippen molar-refractivity contribution in [3.05, 3.63) is 455 Å². The van der Waals surface area contributed by atoms with Gasteiger partial charge < -0.3 is 18.3 Å². The minimum absolute atomic E-state index is 0.907. The van der Waals surface area contributed by atoms with Crippen LogP contribution in [0, 0.1) is 0 Å². The van der Waals surface area contributed by atoms with Crippen molar-refractivity contribution in [3.63, 3.8) is 0 Å². The van der Waals surface area contributed by atoms with Gasteiger partial charge in [-0.1, -0.05) is 249 Å². The van der Waals surface area contributed by atoms with Gasteiger partial charge in [-0.3, -0.25) is 15.0 Å². The van der Waals surface area contributed by atoms with E-state index in [1.54, 1.807) is 0 Å². The highest BCUT2D eigenvalue weighted by Gasteiger charge is 2.23. The molecule has 26 rings (SSSR count). The van der Waals surface area contributed by atoms with Gasteiger partial charge in [-0.15, -0.1) is 0 Å². The normalized spacial score (nSPS) is 11.8. The molecule has 0 radical (unpaired) electrons. The van der Waals surface area contributed by atoms with E-state index in [2.05, 4.69) is 447 Å². The molecule has 0 aliphatic heterocycles. The minimum Gasteiger partial charge on any atom is -0.309 e. The van der Waals surface area contributed by atoms with Gasteiger partial charge >= 0.3 is 0 Å². The maximum absolute atomic E-state index is 5.43. The first kappa shape index (κ1) is 73.4.